The van der Waals surface area contributed by atoms with Crippen molar-refractivity contribution < 1.29 is 13.9 Å². The van der Waals surface area contributed by atoms with E-state index in [1.165, 1.54) is 23.1 Å². The summed E-state index contributed by atoms with van der Waals surface area (Å²) in [4.78, 5) is 33.8. The number of allylic oxidation sites excluding steroid dienone is 1. The number of hydrogen-bond acceptors (Lipinski definition) is 7. The maximum Gasteiger partial charge on any atom is 0.271 e. The van der Waals surface area contributed by atoms with Crippen molar-refractivity contribution in [1.82, 2.24) is 4.57 Å². The standard InChI is InChI=1S/C32H24ClN3O4S2/c1-19-28(30(37)35-22-6-4-3-5-7-22)29(20-8-12-23(39-2)13-9-20)36-31(38)26(42-32(36)34-19)18-24-14-17-27(40-24)41-25-15-10-21(33)11-16-25/h3-18,29H,1-2H3,(H,35,37)/b26-18+/t29-/m0/s1. The van der Waals surface area contributed by atoms with Gasteiger partial charge < -0.3 is 14.5 Å². The number of nitrogens with one attached hydrogen (secondary N) is 1. The molecule has 10 heteroatoms. The number of nitrogens with zero attached hydrogens (tertiary/aromatic N) is 2. The van der Waals surface area contributed by atoms with Gasteiger partial charge in [0.15, 0.2) is 9.89 Å². The first-order valence-electron chi connectivity index (χ1n) is 13.0. The van der Waals surface area contributed by atoms with Crippen molar-refractivity contribution in [2.75, 3.05) is 12.4 Å². The molecule has 1 amide bonds. The summed E-state index contributed by atoms with van der Waals surface area (Å²) >= 11 is 8.71. The van der Waals surface area contributed by atoms with Crippen molar-refractivity contribution >= 4 is 52.4 Å². The predicted octanol–water partition coefficient (Wildman–Crippen LogP) is 6.28. The molecule has 0 unspecified atom stereocenters. The van der Waals surface area contributed by atoms with E-state index < -0.39 is 6.04 Å². The van der Waals surface area contributed by atoms with Crippen molar-refractivity contribution in [3.8, 4) is 5.75 Å². The maximum absolute atomic E-state index is 13.9. The van der Waals surface area contributed by atoms with Gasteiger partial charge in [-0.1, -0.05) is 65.0 Å². The summed E-state index contributed by atoms with van der Waals surface area (Å²) in [5.74, 6) is 0.884. The predicted molar refractivity (Wildman–Crippen MR) is 166 cm³/mol. The van der Waals surface area contributed by atoms with Gasteiger partial charge in [0.1, 0.15) is 11.5 Å². The minimum atomic E-state index is -0.689. The maximum atomic E-state index is 13.9. The van der Waals surface area contributed by atoms with Crippen LogP contribution in [-0.2, 0) is 4.79 Å². The van der Waals surface area contributed by atoms with Gasteiger partial charge in [-0.15, -0.1) is 0 Å². The smallest absolute Gasteiger partial charge is 0.271 e. The number of ether oxygens (including phenoxy) is 1. The average molecular weight is 614 g/mol. The fraction of sp³-hybridized carbons (Fsp3) is 0.0938. The van der Waals surface area contributed by atoms with E-state index in [4.69, 9.17) is 25.7 Å². The Kier molecular flexibility index (Phi) is 7.88. The second-order valence-electron chi connectivity index (χ2n) is 9.39. The molecule has 0 saturated carbocycles. The molecule has 1 aliphatic heterocycles. The quantitative estimate of drug-likeness (QED) is 0.234. The summed E-state index contributed by atoms with van der Waals surface area (Å²) < 4.78 is 13.4. The number of anilines is 1. The van der Waals surface area contributed by atoms with Gasteiger partial charge in [-0.3, -0.25) is 14.2 Å². The molecular weight excluding hydrogens is 590 g/mol. The molecule has 0 saturated heterocycles. The van der Waals surface area contributed by atoms with E-state index in [1.807, 2.05) is 91.0 Å². The first kappa shape index (κ1) is 27.8. The SMILES string of the molecule is COc1ccc([C@H]2C(C(=O)Nc3ccccc3)=C(C)N=c3s/c(=C/c4ccc(Sc5ccc(Cl)cc5)o4)c(=O)n32)cc1. The third-order valence-electron chi connectivity index (χ3n) is 6.64. The van der Waals surface area contributed by atoms with Gasteiger partial charge in [0.2, 0.25) is 0 Å². The largest absolute Gasteiger partial charge is 0.497 e. The number of hydrogen-bond donors (Lipinski definition) is 1. The van der Waals surface area contributed by atoms with Crippen molar-refractivity contribution in [3.63, 3.8) is 0 Å². The van der Waals surface area contributed by atoms with E-state index in [-0.39, 0.29) is 11.5 Å². The molecule has 1 aliphatic rings. The van der Waals surface area contributed by atoms with Crippen LogP contribution in [-0.4, -0.2) is 17.6 Å². The van der Waals surface area contributed by atoms with Crippen molar-refractivity contribution in [2.24, 2.45) is 4.99 Å². The lowest BCUT2D eigenvalue weighted by molar-refractivity contribution is -0.113. The number of carbonyl (C=O) groups is 1. The molecule has 5 aromatic rings. The normalized spacial score (nSPS) is 14.8. The number of benzene rings is 3. The Labute approximate surface area is 254 Å². The Morgan fingerprint density at radius 2 is 1.79 bits per heavy atom. The van der Waals surface area contributed by atoms with Crippen LogP contribution in [0.15, 0.2) is 126 Å². The van der Waals surface area contributed by atoms with Crippen LogP contribution in [0.2, 0.25) is 5.02 Å². The van der Waals surface area contributed by atoms with Crippen molar-refractivity contribution in [1.29, 1.82) is 0 Å². The molecule has 1 atom stereocenters. The molecule has 42 heavy (non-hydrogen) atoms. The van der Waals surface area contributed by atoms with E-state index in [2.05, 4.69) is 5.32 Å². The van der Waals surface area contributed by atoms with E-state index in [0.717, 1.165) is 10.5 Å². The van der Waals surface area contributed by atoms with Crippen molar-refractivity contribution in [2.45, 2.75) is 23.0 Å². The van der Waals surface area contributed by atoms with Gasteiger partial charge in [-0.05, 0) is 73.2 Å². The van der Waals surface area contributed by atoms with Crippen LogP contribution in [0.25, 0.3) is 6.08 Å². The number of carbonyl (C=O) groups excluding carboxylic acids is 1. The van der Waals surface area contributed by atoms with Crippen LogP contribution in [0.3, 0.4) is 0 Å². The lowest BCUT2D eigenvalue weighted by Gasteiger charge is -2.25. The summed E-state index contributed by atoms with van der Waals surface area (Å²) in [5, 5.41) is 4.31. The Balaban J connectivity index is 1.40. The fourth-order valence-electron chi connectivity index (χ4n) is 4.65. The zero-order valence-corrected chi connectivity index (χ0v) is 24.9. The Morgan fingerprint density at radius 3 is 2.50 bits per heavy atom. The molecule has 0 aliphatic carbocycles. The molecule has 2 aromatic heterocycles. The topological polar surface area (TPSA) is 85.8 Å². The van der Waals surface area contributed by atoms with E-state index in [1.54, 1.807) is 24.7 Å². The summed E-state index contributed by atoms with van der Waals surface area (Å²) in [7, 11) is 1.59. The molecular formula is C32H24ClN3O4S2. The molecule has 1 N–H and O–H groups in total. The minimum Gasteiger partial charge on any atom is -0.497 e. The second-order valence-corrected chi connectivity index (χ2v) is 11.9. The first-order chi connectivity index (χ1) is 20.4. The zero-order valence-electron chi connectivity index (χ0n) is 22.5. The highest BCUT2D eigenvalue weighted by Crippen LogP contribution is 2.32. The van der Waals surface area contributed by atoms with Gasteiger partial charge in [0.05, 0.1) is 29.0 Å². The molecule has 7 nitrogen and oxygen atoms in total. The van der Waals surface area contributed by atoms with Crippen LogP contribution >= 0.6 is 34.7 Å². The van der Waals surface area contributed by atoms with E-state index in [0.29, 0.717) is 47.9 Å². The molecule has 3 heterocycles. The third-order valence-corrected chi connectivity index (χ3v) is 8.80. The monoisotopic (exact) mass is 613 g/mol. The number of furan rings is 1. The van der Waals surface area contributed by atoms with Crippen LogP contribution in [0, 0.1) is 0 Å². The van der Waals surface area contributed by atoms with Crippen molar-refractivity contribution in [3.05, 3.63) is 138 Å². The molecule has 0 bridgehead atoms. The first-order valence-corrected chi connectivity index (χ1v) is 15.0. The summed E-state index contributed by atoms with van der Waals surface area (Å²) in [6, 6.07) is 27.0. The molecule has 3 aromatic carbocycles. The lowest BCUT2D eigenvalue weighted by Crippen LogP contribution is -2.40. The Bertz CT molecular complexity index is 1980. The number of rotatable bonds is 7. The number of halogens is 1. The van der Waals surface area contributed by atoms with Crippen LogP contribution in [0.4, 0.5) is 5.69 Å². The number of amides is 1. The minimum absolute atomic E-state index is 0.264. The summed E-state index contributed by atoms with van der Waals surface area (Å²) in [6.45, 7) is 1.79. The highest BCUT2D eigenvalue weighted by atomic mass is 35.5. The zero-order chi connectivity index (χ0) is 29.2. The van der Waals surface area contributed by atoms with Crippen LogP contribution in [0.5, 0.6) is 5.75 Å². The molecule has 0 radical (unpaired) electrons. The molecule has 6 rings (SSSR count). The van der Waals surface area contributed by atoms with E-state index in [9.17, 15) is 9.59 Å². The molecule has 210 valence electrons. The number of methoxy groups -OCH3 is 1. The highest BCUT2D eigenvalue weighted by molar-refractivity contribution is 7.99. The van der Waals surface area contributed by atoms with Gasteiger partial charge in [-0.25, -0.2) is 4.99 Å². The number of fused-ring (bicyclic) bond motifs is 1. The lowest BCUT2D eigenvalue weighted by atomic mass is 9.95. The Hall–Kier alpha value is -4.31. The van der Waals surface area contributed by atoms with Gasteiger partial charge in [0.25, 0.3) is 11.5 Å². The molecule has 0 fully saturated rings. The van der Waals surface area contributed by atoms with Gasteiger partial charge in [-0.2, -0.15) is 0 Å². The third kappa shape index (κ3) is 5.72. The van der Waals surface area contributed by atoms with Gasteiger partial charge >= 0.3 is 0 Å². The van der Waals surface area contributed by atoms with Crippen LogP contribution < -0.4 is 24.9 Å². The summed E-state index contributed by atoms with van der Waals surface area (Å²) in [5.41, 5.74) is 2.08. The van der Waals surface area contributed by atoms with Crippen LogP contribution in [0.1, 0.15) is 24.3 Å². The summed E-state index contributed by atoms with van der Waals surface area (Å²) in [6.07, 6.45) is 1.71. The Morgan fingerprint density at radius 1 is 1.05 bits per heavy atom. The fourth-order valence-corrected chi connectivity index (χ4v) is 6.58. The number of aromatic nitrogens is 1. The molecule has 0 spiro atoms. The average Bonchev–Trinajstić information content (AvgIpc) is 3.57. The second kappa shape index (κ2) is 11.9. The highest BCUT2D eigenvalue weighted by Gasteiger charge is 2.32. The number of para-hydroxylation sites is 1. The van der Waals surface area contributed by atoms with E-state index >= 15 is 0 Å². The number of thiazole rings is 1. The van der Waals surface area contributed by atoms with Gasteiger partial charge in [0, 0.05) is 21.7 Å².